The molecule has 2 atom stereocenters. The molecule has 0 radical (unpaired) electrons. The lowest BCUT2D eigenvalue weighted by molar-refractivity contribution is -0.0943. The average Bonchev–Trinajstić information content (AvgIpc) is 3.42. The summed E-state index contributed by atoms with van der Waals surface area (Å²) in [5.74, 6) is -1.75. The Morgan fingerprint density at radius 1 is 1.05 bits per heavy atom. The third-order valence-corrected chi connectivity index (χ3v) is 6.29. The van der Waals surface area contributed by atoms with E-state index in [9.17, 15) is 22.0 Å². The molecule has 0 amide bonds. The summed E-state index contributed by atoms with van der Waals surface area (Å²) in [5.41, 5.74) is 0.513. The van der Waals surface area contributed by atoms with Crippen molar-refractivity contribution in [2.45, 2.75) is 85.7 Å². The number of allylic oxidation sites excluding steroid dienone is 6. The van der Waals surface area contributed by atoms with Gasteiger partial charge in [-0.05, 0) is 56.4 Å². The molecule has 2 aliphatic rings. The zero-order chi connectivity index (χ0) is 27.6. The normalized spacial score (nSPS) is 20.9. The predicted molar refractivity (Wildman–Crippen MR) is 141 cm³/mol. The van der Waals surface area contributed by atoms with Gasteiger partial charge in [0.1, 0.15) is 0 Å². The molecule has 2 aliphatic carbocycles. The van der Waals surface area contributed by atoms with Crippen molar-refractivity contribution >= 4 is 11.9 Å². The molecule has 204 valence electrons. The Labute approximate surface area is 217 Å². The van der Waals surface area contributed by atoms with E-state index >= 15 is 0 Å². The fraction of sp³-hybridized carbons (Fsp3) is 0.517. The van der Waals surface area contributed by atoms with Gasteiger partial charge in [-0.1, -0.05) is 58.8 Å². The summed E-state index contributed by atoms with van der Waals surface area (Å²) in [4.78, 5) is 7.96. The third kappa shape index (κ3) is 7.86. The Morgan fingerprint density at radius 3 is 2.22 bits per heavy atom. The van der Waals surface area contributed by atoms with Crippen molar-refractivity contribution in [1.29, 1.82) is 0 Å². The molecule has 0 spiro atoms. The molecule has 1 saturated carbocycles. The van der Waals surface area contributed by atoms with Gasteiger partial charge in [0, 0.05) is 11.3 Å². The molecule has 0 aromatic carbocycles. The van der Waals surface area contributed by atoms with Gasteiger partial charge < -0.3 is 5.32 Å². The number of alkyl halides is 3. The Kier molecular flexibility index (Phi) is 11.7. The Balaban J connectivity index is 0.00000153. The van der Waals surface area contributed by atoms with Crippen molar-refractivity contribution in [2.75, 3.05) is 0 Å². The highest BCUT2D eigenvalue weighted by molar-refractivity contribution is 5.83. The molecule has 0 saturated heterocycles. The zero-order valence-electron chi connectivity index (χ0n) is 22.4. The largest absolute Gasteiger partial charge is 0.413 e. The Morgan fingerprint density at radius 2 is 1.68 bits per heavy atom. The van der Waals surface area contributed by atoms with Gasteiger partial charge in [-0.15, -0.1) is 0 Å². The van der Waals surface area contributed by atoms with Crippen LogP contribution in [0.4, 0.5) is 22.0 Å². The van der Waals surface area contributed by atoms with Crippen LogP contribution in [0.5, 0.6) is 0 Å². The van der Waals surface area contributed by atoms with Crippen LogP contribution in [-0.4, -0.2) is 17.4 Å². The first-order valence-corrected chi connectivity index (χ1v) is 13.1. The summed E-state index contributed by atoms with van der Waals surface area (Å²) >= 11 is 0. The maximum absolute atomic E-state index is 14.4. The number of rotatable bonds is 8. The van der Waals surface area contributed by atoms with E-state index in [1.807, 2.05) is 13.8 Å². The maximum Gasteiger partial charge on any atom is 0.413 e. The third-order valence-electron chi connectivity index (χ3n) is 6.29. The molecule has 3 nitrogen and oxygen atoms in total. The minimum absolute atomic E-state index is 0.0114. The van der Waals surface area contributed by atoms with Crippen LogP contribution >= 0.6 is 0 Å². The van der Waals surface area contributed by atoms with Crippen LogP contribution in [0.2, 0.25) is 0 Å². The second-order valence-electron chi connectivity index (χ2n) is 9.23. The van der Waals surface area contributed by atoms with Crippen molar-refractivity contribution in [2.24, 2.45) is 16.8 Å². The Bertz CT molecular complexity index is 1040. The molecule has 0 aliphatic heterocycles. The van der Waals surface area contributed by atoms with E-state index in [4.69, 9.17) is 0 Å². The molecule has 1 aromatic heterocycles. The summed E-state index contributed by atoms with van der Waals surface area (Å²) in [6.45, 7) is 9.64. The number of halogens is 5. The van der Waals surface area contributed by atoms with E-state index in [-0.39, 0.29) is 29.5 Å². The van der Waals surface area contributed by atoms with E-state index in [1.165, 1.54) is 12.6 Å². The molecular formula is C29H38F5N3. The van der Waals surface area contributed by atoms with Crippen LogP contribution in [0.1, 0.15) is 85.1 Å². The number of aromatic nitrogens is 1. The van der Waals surface area contributed by atoms with Crippen molar-refractivity contribution in [1.82, 2.24) is 10.3 Å². The van der Waals surface area contributed by atoms with Gasteiger partial charge in [0.15, 0.2) is 11.6 Å². The van der Waals surface area contributed by atoms with Crippen molar-refractivity contribution in [3.05, 3.63) is 70.4 Å². The fourth-order valence-electron chi connectivity index (χ4n) is 4.91. The molecule has 1 N–H and O–H groups in total. The molecule has 37 heavy (non-hydrogen) atoms. The van der Waals surface area contributed by atoms with Crippen molar-refractivity contribution < 1.29 is 22.0 Å². The number of pyridine rings is 1. The zero-order valence-corrected chi connectivity index (χ0v) is 22.4. The minimum atomic E-state index is -4.39. The van der Waals surface area contributed by atoms with Gasteiger partial charge in [0.2, 0.25) is 0 Å². The van der Waals surface area contributed by atoms with E-state index in [0.29, 0.717) is 29.8 Å². The average molecular weight is 524 g/mol. The standard InChI is InChI=1S/C26H30F5N3.C3H8/c1-4-8-17(34-23(9-5-2)25-20(27)14-32-15-21(25)28)13-33-22(6-3)24-18-11-7-10-16(18)12-19(24)26(29,30)31;1-3-2/h6,8-9,13-16,18,34H,4-5,7,10-12H2,1-3H3;3H2,1-2H3/b17-8-,22-6-,23-9-,33-13+;. The number of nitrogens with one attached hydrogen (secondary N) is 1. The van der Waals surface area contributed by atoms with Gasteiger partial charge in [-0.2, -0.15) is 13.2 Å². The molecule has 2 unspecified atom stereocenters. The number of hydrogen-bond acceptors (Lipinski definition) is 3. The molecule has 1 fully saturated rings. The van der Waals surface area contributed by atoms with E-state index in [1.54, 1.807) is 25.2 Å². The molecule has 3 rings (SSSR count). The van der Waals surface area contributed by atoms with E-state index in [0.717, 1.165) is 31.7 Å². The van der Waals surface area contributed by atoms with Gasteiger partial charge in [-0.3, -0.25) is 9.98 Å². The summed E-state index contributed by atoms with van der Waals surface area (Å²) in [6.07, 6.45) is 8.74. The van der Waals surface area contributed by atoms with Crippen LogP contribution in [0, 0.1) is 23.5 Å². The number of fused-ring (bicyclic) bond motifs is 1. The fourth-order valence-corrected chi connectivity index (χ4v) is 4.91. The van der Waals surface area contributed by atoms with Crippen LogP contribution in [-0.2, 0) is 0 Å². The summed E-state index contributed by atoms with van der Waals surface area (Å²) in [7, 11) is 0. The molecule has 1 aromatic rings. The molecule has 1 heterocycles. The second-order valence-corrected chi connectivity index (χ2v) is 9.23. The van der Waals surface area contributed by atoms with Crippen LogP contribution in [0.25, 0.3) is 5.70 Å². The monoisotopic (exact) mass is 523 g/mol. The van der Waals surface area contributed by atoms with E-state index < -0.39 is 23.4 Å². The second kappa shape index (κ2) is 14.2. The summed E-state index contributed by atoms with van der Waals surface area (Å²) < 4.78 is 70.1. The van der Waals surface area contributed by atoms with Crippen molar-refractivity contribution in [3.8, 4) is 0 Å². The smallest absolute Gasteiger partial charge is 0.354 e. The lowest BCUT2D eigenvalue weighted by Crippen LogP contribution is -2.16. The first-order chi connectivity index (χ1) is 17.6. The topological polar surface area (TPSA) is 37.3 Å². The highest BCUT2D eigenvalue weighted by Crippen LogP contribution is 2.53. The summed E-state index contributed by atoms with van der Waals surface area (Å²) in [5, 5.41) is 3.01. The highest BCUT2D eigenvalue weighted by Gasteiger charge is 2.48. The van der Waals surface area contributed by atoms with E-state index in [2.05, 4.69) is 29.1 Å². The van der Waals surface area contributed by atoms with Crippen LogP contribution < -0.4 is 5.32 Å². The summed E-state index contributed by atoms with van der Waals surface area (Å²) in [6, 6.07) is 0. The van der Waals surface area contributed by atoms with Crippen LogP contribution in [0.15, 0.2) is 58.2 Å². The van der Waals surface area contributed by atoms with Gasteiger partial charge in [0.05, 0.1) is 35.6 Å². The lowest BCUT2D eigenvalue weighted by Gasteiger charge is -2.17. The van der Waals surface area contributed by atoms with Gasteiger partial charge in [0.25, 0.3) is 0 Å². The van der Waals surface area contributed by atoms with Crippen molar-refractivity contribution in [3.63, 3.8) is 0 Å². The quantitative estimate of drug-likeness (QED) is 0.273. The Hall–Kier alpha value is -2.77. The first kappa shape index (κ1) is 30.5. The number of hydrogen-bond donors (Lipinski definition) is 1. The first-order valence-electron chi connectivity index (χ1n) is 13.1. The SMILES string of the molecule is CCC.C\C=C(/N=C/C(=C/CC)N/C(=C\CC)c1c(F)cncc1F)C1=C(C(F)(F)F)CC2CCCC12. The molecule has 8 heteroatoms. The highest BCUT2D eigenvalue weighted by atomic mass is 19.4. The van der Waals surface area contributed by atoms with Gasteiger partial charge in [-0.25, -0.2) is 8.78 Å². The van der Waals surface area contributed by atoms with Gasteiger partial charge >= 0.3 is 6.18 Å². The number of nitrogens with zero attached hydrogens (tertiary/aromatic N) is 2. The minimum Gasteiger partial charge on any atom is -0.354 e. The molecule has 0 bridgehead atoms. The predicted octanol–water partition coefficient (Wildman–Crippen LogP) is 9.06. The maximum atomic E-state index is 14.4. The lowest BCUT2D eigenvalue weighted by atomic mass is 9.93. The molecular weight excluding hydrogens is 485 g/mol. The van der Waals surface area contributed by atoms with Crippen LogP contribution in [0.3, 0.4) is 0 Å². The number of aliphatic imine (C=N–C) groups is 1.